The number of aliphatic hydroxyl groups excluding tert-OH is 2. The molecule has 3 rings (SSSR count). The summed E-state index contributed by atoms with van der Waals surface area (Å²) in [4.78, 5) is 14.2. The molecule has 2 unspecified atom stereocenters. The van der Waals surface area contributed by atoms with E-state index in [1.165, 1.54) is 6.92 Å². The number of nitrogens with one attached hydrogen (secondary N) is 2. The van der Waals surface area contributed by atoms with Crippen molar-refractivity contribution in [1.29, 1.82) is 0 Å². The molecule has 4 N–H and O–H groups in total. The van der Waals surface area contributed by atoms with Gasteiger partial charge in [-0.15, -0.1) is 0 Å². The van der Waals surface area contributed by atoms with E-state index in [4.69, 9.17) is 0 Å². The molecule has 0 aliphatic heterocycles. The van der Waals surface area contributed by atoms with E-state index in [2.05, 4.69) is 10.3 Å². The Bertz CT molecular complexity index is 825. The van der Waals surface area contributed by atoms with Gasteiger partial charge in [-0.3, -0.25) is 4.79 Å². The Morgan fingerprint density at radius 1 is 1.14 bits per heavy atom. The first-order valence-corrected chi connectivity index (χ1v) is 7.17. The molecule has 0 aliphatic rings. The van der Waals surface area contributed by atoms with E-state index in [1.54, 1.807) is 6.07 Å². The Hall–Kier alpha value is -2.37. The van der Waals surface area contributed by atoms with Crippen LogP contribution < -0.4 is 5.32 Å². The minimum Gasteiger partial charge on any atom is -0.388 e. The Kier molecular flexibility index (Phi) is 3.83. The fraction of sp³-hybridized carbons (Fsp3) is 0.235. The van der Waals surface area contributed by atoms with E-state index in [0.29, 0.717) is 5.56 Å². The number of fused-ring (bicyclic) bond motifs is 3. The number of H-pyrrole nitrogens is 1. The molecule has 3 aromatic rings. The number of carbonyl (C=O) groups excluding carboxylic acids is 1. The number of para-hydroxylation sites is 1. The molecule has 2 aromatic carbocycles. The summed E-state index contributed by atoms with van der Waals surface area (Å²) < 4.78 is 0. The number of carbonyl (C=O) groups is 1. The standard InChI is InChI=1S/C17H18N2O3/c1-10(20)18-9-16(21)17(22)11-6-7-13-12-4-2-3-5-14(12)19-15(13)8-11/h2-8,16-17,19,21-22H,9H2,1H3,(H,18,20). The van der Waals surface area contributed by atoms with Gasteiger partial charge in [-0.05, 0) is 17.7 Å². The predicted octanol–water partition coefficient (Wildman–Crippen LogP) is 1.85. The number of amides is 1. The second-order valence-corrected chi connectivity index (χ2v) is 5.42. The van der Waals surface area contributed by atoms with Crippen molar-refractivity contribution in [3.8, 4) is 0 Å². The topological polar surface area (TPSA) is 85.3 Å². The summed E-state index contributed by atoms with van der Waals surface area (Å²) in [6, 6.07) is 13.5. The van der Waals surface area contributed by atoms with Gasteiger partial charge in [0.05, 0.1) is 0 Å². The van der Waals surface area contributed by atoms with E-state index in [9.17, 15) is 15.0 Å². The van der Waals surface area contributed by atoms with Crippen LogP contribution in [0.3, 0.4) is 0 Å². The summed E-state index contributed by atoms with van der Waals surface area (Å²) in [7, 11) is 0. The minimum absolute atomic E-state index is 0.0151. The zero-order chi connectivity index (χ0) is 15.7. The van der Waals surface area contributed by atoms with E-state index >= 15 is 0 Å². The van der Waals surface area contributed by atoms with E-state index in [0.717, 1.165) is 21.8 Å². The lowest BCUT2D eigenvalue weighted by atomic mass is 10.0. The predicted molar refractivity (Wildman–Crippen MR) is 85.5 cm³/mol. The van der Waals surface area contributed by atoms with E-state index < -0.39 is 12.2 Å². The van der Waals surface area contributed by atoms with Gasteiger partial charge in [-0.2, -0.15) is 0 Å². The molecule has 1 heterocycles. The number of hydrogen-bond donors (Lipinski definition) is 4. The number of hydrogen-bond acceptors (Lipinski definition) is 3. The van der Waals surface area contributed by atoms with Crippen molar-refractivity contribution in [2.24, 2.45) is 0 Å². The molecule has 5 heteroatoms. The van der Waals surface area contributed by atoms with Crippen LogP contribution in [0.1, 0.15) is 18.6 Å². The molecule has 0 fully saturated rings. The number of rotatable bonds is 4. The average molecular weight is 298 g/mol. The zero-order valence-corrected chi connectivity index (χ0v) is 12.2. The van der Waals surface area contributed by atoms with Crippen molar-refractivity contribution >= 4 is 27.7 Å². The van der Waals surface area contributed by atoms with Crippen LogP contribution in [0.25, 0.3) is 21.8 Å². The lowest BCUT2D eigenvalue weighted by molar-refractivity contribution is -0.119. The number of aliphatic hydroxyl groups is 2. The van der Waals surface area contributed by atoms with Crippen molar-refractivity contribution in [2.45, 2.75) is 19.1 Å². The van der Waals surface area contributed by atoms with Gasteiger partial charge in [0.15, 0.2) is 0 Å². The first-order chi connectivity index (χ1) is 10.6. The number of aromatic nitrogens is 1. The van der Waals surface area contributed by atoms with E-state index in [-0.39, 0.29) is 12.5 Å². The quantitative estimate of drug-likeness (QED) is 0.593. The van der Waals surface area contributed by atoms with Crippen LogP contribution in [0.15, 0.2) is 42.5 Å². The van der Waals surface area contributed by atoms with Crippen LogP contribution in [0.4, 0.5) is 0 Å². The van der Waals surface area contributed by atoms with Crippen molar-refractivity contribution in [1.82, 2.24) is 10.3 Å². The Morgan fingerprint density at radius 3 is 2.64 bits per heavy atom. The summed E-state index contributed by atoms with van der Waals surface area (Å²) in [5.41, 5.74) is 2.55. The van der Waals surface area contributed by atoms with Crippen molar-refractivity contribution < 1.29 is 15.0 Å². The molecule has 1 aromatic heterocycles. The highest BCUT2D eigenvalue weighted by molar-refractivity contribution is 6.07. The van der Waals surface area contributed by atoms with Crippen LogP contribution in [0.2, 0.25) is 0 Å². The van der Waals surface area contributed by atoms with Crippen LogP contribution in [-0.4, -0.2) is 33.8 Å². The monoisotopic (exact) mass is 298 g/mol. The molecule has 0 bridgehead atoms. The van der Waals surface area contributed by atoms with Crippen molar-refractivity contribution in [3.05, 3.63) is 48.0 Å². The Labute approximate surface area is 127 Å². The highest BCUT2D eigenvalue weighted by Crippen LogP contribution is 2.28. The van der Waals surface area contributed by atoms with Crippen LogP contribution in [0, 0.1) is 0 Å². The third kappa shape index (κ3) is 2.68. The SMILES string of the molecule is CC(=O)NCC(O)C(O)c1ccc2c(c1)[nH]c1ccccc12. The molecule has 114 valence electrons. The lowest BCUT2D eigenvalue weighted by Gasteiger charge is -2.18. The zero-order valence-electron chi connectivity index (χ0n) is 12.2. The summed E-state index contributed by atoms with van der Waals surface area (Å²) >= 11 is 0. The molecule has 0 saturated carbocycles. The summed E-state index contributed by atoms with van der Waals surface area (Å²) in [5, 5.41) is 24.9. The Morgan fingerprint density at radius 2 is 1.86 bits per heavy atom. The first kappa shape index (κ1) is 14.6. The fourth-order valence-electron chi connectivity index (χ4n) is 2.64. The van der Waals surface area contributed by atoms with E-state index in [1.807, 2.05) is 36.4 Å². The second-order valence-electron chi connectivity index (χ2n) is 5.42. The molecule has 0 spiro atoms. The third-order valence-electron chi connectivity index (χ3n) is 3.80. The molecule has 22 heavy (non-hydrogen) atoms. The van der Waals surface area contributed by atoms with Gasteiger partial charge in [-0.25, -0.2) is 0 Å². The number of benzene rings is 2. The maximum atomic E-state index is 10.9. The second kappa shape index (κ2) is 5.79. The van der Waals surface area contributed by atoms with Gasteiger partial charge in [0, 0.05) is 35.3 Å². The first-order valence-electron chi connectivity index (χ1n) is 7.17. The Balaban J connectivity index is 1.91. The van der Waals surface area contributed by atoms with Crippen molar-refractivity contribution in [3.63, 3.8) is 0 Å². The fourth-order valence-corrected chi connectivity index (χ4v) is 2.64. The summed E-state index contributed by atoms with van der Waals surface area (Å²) in [5.74, 6) is -0.239. The molecule has 0 aliphatic carbocycles. The molecule has 2 atom stereocenters. The normalized spacial score (nSPS) is 14.1. The largest absolute Gasteiger partial charge is 0.388 e. The maximum absolute atomic E-state index is 10.9. The third-order valence-corrected chi connectivity index (χ3v) is 3.80. The molecular weight excluding hydrogens is 280 g/mol. The van der Waals surface area contributed by atoms with Crippen LogP contribution >= 0.6 is 0 Å². The van der Waals surface area contributed by atoms with Crippen molar-refractivity contribution in [2.75, 3.05) is 6.54 Å². The van der Waals surface area contributed by atoms with Gasteiger partial charge in [0.25, 0.3) is 0 Å². The van der Waals surface area contributed by atoms with Gasteiger partial charge in [0.2, 0.25) is 5.91 Å². The summed E-state index contributed by atoms with van der Waals surface area (Å²) in [6.45, 7) is 1.39. The highest BCUT2D eigenvalue weighted by atomic mass is 16.3. The molecule has 0 radical (unpaired) electrons. The smallest absolute Gasteiger partial charge is 0.216 e. The number of aromatic amines is 1. The van der Waals surface area contributed by atoms with Gasteiger partial charge < -0.3 is 20.5 Å². The highest BCUT2D eigenvalue weighted by Gasteiger charge is 2.19. The van der Waals surface area contributed by atoms with Gasteiger partial charge in [-0.1, -0.05) is 30.3 Å². The maximum Gasteiger partial charge on any atom is 0.216 e. The molecule has 5 nitrogen and oxygen atoms in total. The minimum atomic E-state index is -1.05. The van der Waals surface area contributed by atoms with Gasteiger partial charge in [0.1, 0.15) is 12.2 Å². The summed E-state index contributed by atoms with van der Waals surface area (Å²) in [6.07, 6.45) is -2.10. The van der Waals surface area contributed by atoms with Gasteiger partial charge >= 0.3 is 0 Å². The average Bonchev–Trinajstić information content (AvgIpc) is 2.89. The lowest BCUT2D eigenvalue weighted by Crippen LogP contribution is -2.34. The molecule has 0 saturated heterocycles. The van der Waals surface area contributed by atoms with Crippen LogP contribution in [0.5, 0.6) is 0 Å². The molecular formula is C17H18N2O3. The van der Waals surface area contributed by atoms with Crippen LogP contribution in [-0.2, 0) is 4.79 Å². The molecule has 1 amide bonds.